The summed E-state index contributed by atoms with van der Waals surface area (Å²) >= 11 is 1.02. The molecule has 0 N–H and O–H groups in total. The first kappa shape index (κ1) is 13.2. The zero-order chi connectivity index (χ0) is 14.0. The molecule has 0 saturated carbocycles. The number of ketones is 1. The second-order valence-corrected chi connectivity index (χ2v) is 4.78. The Labute approximate surface area is 112 Å². The second kappa shape index (κ2) is 5.15. The third kappa shape index (κ3) is 2.76. The number of carbonyl (C=O) groups excluding carboxylic acids is 1. The fourth-order valence-corrected chi connectivity index (χ4v) is 2.36. The SMILES string of the molecule is Cc1csc(=O)n1CC(=O)c1cccc([N+](=O)[O-])c1. The standard InChI is InChI=1S/C12H10N2O4S/c1-8-7-19-12(16)13(8)6-11(15)9-3-2-4-10(5-9)14(17)18/h2-5,7H,6H2,1H3. The molecule has 2 aromatic rings. The minimum absolute atomic E-state index is 0.102. The number of aryl methyl sites for hydroxylation is 1. The average Bonchev–Trinajstić information content (AvgIpc) is 2.70. The van der Waals surface area contributed by atoms with Gasteiger partial charge >= 0.3 is 4.87 Å². The minimum atomic E-state index is -0.557. The molecule has 7 heteroatoms. The van der Waals surface area contributed by atoms with Crippen LogP contribution in [0.2, 0.25) is 0 Å². The summed E-state index contributed by atoms with van der Waals surface area (Å²) in [5.41, 5.74) is 0.792. The molecule has 98 valence electrons. The zero-order valence-electron chi connectivity index (χ0n) is 10.0. The van der Waals surface area contributed by atoms with E-state index >= 15 is 0 Å². The predicted molar refractivity (Wildman–Crippen MR) is 70.7 cm³/mol. The van der Waals surface area contributed by atoms with Crippen LogP contribution in [0.4, 0.5) is 5.69 Å². The van der Waals surface area contributed by atoms with E-state index in [4.69, 9.17) is 0 Å². The minimum Gasteiger partial charge on any atom is -0.296 e. The van der Waals surface area contributed by atoms with Crippen LogP contribution >= 0.6 is 11.3 Å². The first-order chi connectivity index (χ1) is 8.99. The Morgan fingerprint density at radius 1 is 1.47 bits per heavy atom. The fraction of sp³-hybridized carbons (Fsp3) is 0.167. The summed E-state index contributed by atoms with van der Waals surface area (Å²) in [5, 5.41) is 12.3. The number of rotatable bonds is 4. The van der Waals surface area contributed by atoms with Gasteiger partial charge in [0.15, 0.2) is 5.78 Å². The van der Waals surface area contributed by atoms with Gasteiger partial charge in [0.2, 0.25) is 0 Å². The second-order valence-electron chi connectivity index (χ2n) is 3.96. The lowest BCUT2D eigenvalue weighted by atomic mass is 10.1. The molecule has 19 heavy (non-hydrogen) atoms. The molecule has 0 aliphatic heterocycles. The van der Waals surface area contributed by atoms with Crippen LogP contribution in [0.25, 0.3) is 0 Å². The summed E-state index contributed by atoms with van der Waals surface area (Å²) in [4.78, 5) is 33.4. The maximum atomic E-state index is 12.0. The van der Waals surface area contributed by atoms with Gasteiger partial charge in [-0.15, -0.1) is 0 Å². The molecule has 0 atom stereocenters. The largest absolute Gasteiger partial charge is 0.307 e. The van der Waals surface area contributed by atoms with E-state index in [1.807, 2.05) is 0 Å². The van der Waals surface area contributed by atoms with Gasteiger partial charge in [0, 0.05) is 28.8 Å². The quantitative estimate of drug-likeness (QED) is 0.486. The highest BCUT2D eigenvalue weighted by Crippen LogP contribution is 2.14. The van der Waals surface area contributed by atoms with Crippen LogP contribution in [-0.2, 0) is 6.54 Å². The zero-order valence-corrected chi connectivity index (χ0v) is 10.8. The van der Waals surface area contributed by atoms with Crippen molar-refractivity contribution in [3.63, 3.8) is 0 Å². The average molecular weight is 278 g/mol. The van der Waals surface area contributed by atoms with Crippen LogP contribution in [0.15, 0.2) is 34.4 Å². The molecule has 0 aliphatic rings. The van der Waals surface area contributed by atoms with Gasteiger partial charge in [-0.05, 0) is 6.92 Å². The van der Waals surface area contributed by atoms with Crippen molar-refractivity contribution in [1.82, 2.24) is 4.57 Å². The monoisotopic (exact) mass is 278 g/mol. The number of hydrogen-bond acceptors (Lipinski definition) is 5. The molecule has 2 rings (SSSR count). The van der Waals surface area contributed by atoms with Crippen molar-refractivity contribution in [1.29, 1.82) is 0 Å². The lowest BCUT2D eigenvalue weighted by molar-refractivity contribution is -0.384. The Balaban J connectivity index is 2.28. The summed E-state index contributed by atoms with van der Waals surface area (Å²) < 4.78 is 1.35. The summed E-state index contributed by atoms with van der Waals surface area (Å²) in [6, 6.07) is 5.49. The smallest absolute Gasteiger partial charge is 0.296 e. The molecular formula is C12H10N2O4S. The van der Waals surface area contributed by atoms with E-state index in [2.05, 4.69) is 0 Å². The van der Waals surface area contributed by atoms with Crippen LogP contribution < -0.4 is 4.87 Å². The Morgan fingerprint density at radius 2 is 2.21 bits per heavy atom. The highest BCUT2D eigenvalue weighted by molar-refractivity contribution is 7.07. The first-order valence-electron chi connectivity index (χ1n) is 5.41. The number of hydrogen-bond donors (Lipinski definition) is 0. The molecule has 0 saturated heterocycles. The van der Waals surface area contributed by atoms with E-state index in [1.54, 1.807) is 12.3 Å². The van der Waals surface area contributed by atoms with E-state index in [9.17, 15) is 19.7 Å². The van der Waals surface area contributed by atoms with Gasteiger partial charge in [-0.1, -0.05) is 23.5 Å². The van der Waals surface area contributed by atoms with Crippen LogP contribution in [0, 0.1) is 17.0 Å². The number of aromatic nitrogens is 1. The number of nitro benzene ring substituents is 1. The van der Waals surface area contributed by atoms with E-state index in [0.717, 1.165) is 11.3 Å². The molecule has 0 aliphatic carbocycles. The maximum absolute atomic E-state index is 12.0. The molecular weight excluding hydrogens is 268 g/mol. The number of benzene rings is 1. The number of nitro groups is 1. The van der Waals surface area contributed by atoms with E-state index in [0.29, 0.717) is 5.69 Å². The number of carbonyl (C=O) groups is 1. The summed E-state index contributed by atoms with van der Waals surface area (Å²) in [6.45, 7) is 1.63. The molecule has 0 unspecified atom stereocenters. The van der Waals surface area contributed by atoms with Gasteiger partial charge in [-0.3, -0.25) is 24.3 Å². The highest BCUT2D eigenvalue weighted by Gasteiger charge is 2.14. The summed E-state index contributed by atoms with van der Waals surface area (Å²) in [5.74, 6) is -0.327. The van der Waals surface area contributed by atoms with Gasteiger partial charge in [-0.25, -0.2) is 0 Å². The maximum Gasteiger partial charge on any atom is 0.307 e. The molecule has 1 aromatic heterocycles. The summed E-state index contributed by atoms with van der Waals surface area (Å²) in [6.07, 6.45) is 0. The lowest BCUT2D eigenvalue weighted by Gasteiger charge is -2.03. The van der Waals surface area contributed by atoms with Crippen LogP contribution in [0.1, 0.15) is 16.1 Å². The van der Waals surface area contributed by atoms with E-state index in [1.165, 1.54) is 28.8 Å². The van der Waals surface area contributed by atoms with Crippen molar-refractivity contribution >= 4 is 22.8 Å². The molecule has 0 radical (unpaired) electrons. The third-order valence-corrected chi connectivity index (χ3v) is 3.54. The highest BCUT2D eigenvalue weighted by atomic mass is 32.1. The van der Waals surface area contributed by atoms with E-state index < -0.39 is 4.92 Å². The van der Waals surface area contributed by atoms with Crippen molar-refractivity contribution < 1.29 is 9.72 Å². The molecule has 6 nitrogen and oxygen atoms in total. The van der Waals surface area contributed by atoms with Gasteiger partial charge in [0.25, 0.3) is 5.69 Å². The van der Waals surface area contributed by atoms with Gasteiger partial charge < -0.3 is 0 Å². The Morgan fingerprint density at radius 3 is 2.79 bits per heavy atom. The van der Waals surface area contributed by atoms with Crippen molar-refractivity contribution in [3.05, 3.63) is 60.7 Å². The van der Waals surface area contributed by atoms with Crippen LogP contribution in [0.3, 0.4) is 0 Å². The Kier molecular flexibility index (Phi) is 3.57. The normalized spacial score (nSPS) is 10.4. The third-order valence-electron chi connectivity index (χ3n) is 2.66. The lowest BCUT2D eigenvalue weighted by Crippen LogP contribution is -2.20. The number of non-ortho nitro benzene ring substituents is 1. The molecule has 1 heterocycles. The van der Waals surface area contributed by atoms with Crippen LogP contribution in [-0.4, -0.2) is 15.3 Å². The number of Topliss-reactive ketones (excluding diaryl/α,β-unsaturated/α-hetero) is 1. The van der Waals surface area contributed by atoms with Crippen LogP contribution in [0.5, 0.6) is 0 Å². The van der Waals surface area contributed by atoms with Gasteiger partial charge in [0.1, 0.15) is 0 Å². The molecule has 0 fully saturated rings. The van der Waals surface area contributed by atoms with Crippen molar-refractivity contribution in [3.8, 4) is 0 Å². The first-order valence-corrected chi connectivity index (χ1v) is 6.29. The van der Waals surface area contributed by atoms with Gasteiger partial charge in [0.05, 0.1) is 11.5 Å². The number of thiazole rings is 1. The predicted octanol–water partition coefficient (Wildman–Crippen LogP) is 2.01. The van der Waals surface area contributed by atoms with Crippen molar-refractivity contribution in [2.75, 3.05) is 0 Å². The Hall–Kier alpha value is -2.28. The number of nitrogens with zero attached hydrogens (tertiary/aromatic N) is 2. The van der Waals surface area contributed by atoms with E-state index in [-0.39, 0.29) is 28.5 Å². The molecule has 1 aromatic carbocycles. The molecule has 0 bridgehead atoms. The Bertz CT molecular complexity index is 702. The molecule has 0 spiro atoms. The summed E-state index contributed by atoms with van der Waals surface area (Å²) in [7, 11) is 0. The van der Waals surface area contributed by atoms with Crippen molar-refractivity contribution in [2.45, 2.75) is 13.5 Å². The fourth-order valence-electron chi connectivity index (χ4n) is 1.62. The van der Waals surface area contributed by atoms with Crippen molar-refractivity contribution in [2.24, 2.45) is 0 Å². The topological polar surface area (TPSA) is 82.2 Å². The molecule has 0 amide bonds. The van der Waals surface area contributed by atoms with Gasteiger partial charge in [-0.2, -0.15) is 0 Å².